The summed E-state index contributed by atoms with van der Waals surface area (Å²) in [6.07, 6.45) is 7.51. The van der Waals surface area contributed by atoms with Gasteiger partial charge in [-0.05, 0) is 43.7 Å². The van der Waals surface area contributed by atoms with E-state index >= 15 is 0 Å². The number of carbonyl (C=O) groups excluding carboxylic acids is 1. The molecular formula is C19H28ClNOS. The highest BCUT2D eigenvalue weighted by Gasteiger charge is 2.11. The number of halogens is 1. The summed E-state index contributed by atoms with van der Waals surface area (Å²) < 4.78 is 0. The van der Waals surface area contributed by atoms with E-state index in [0.717, 1.165) is 40.8 Å². The molecule has 0 atom stereocenters. The molecule has 0 heterocycles. The average Bonchev–Trinajstić information content (AvgIpc) is 2.54. The van der Waals surface area contributed by atoms with Gasteiger partial charge >= 0.3 is 0 Å². The number of likely N-dealkylation sites (N-methyl/N-ethyl adjacent to an activating group) is 1. The smallest absolute Gasteiger partial charge is 0.247 e. The van der Waals surface area contributed by atoms with Crippen molar-refractivity contribution in [3.63, 3.8) is 0 Å². The molecular weight excluding hydrogens is 326 g/mol. The Morgan fingerprint density at radius 1 is 1.13 bits per heavy atom. The Morgan fingerprint density at radius 2 is 1.83 bits per heavy atom. The molecule has 4 heteroatoms. The van der Waals surface area contributed by atoms with Crippen LogP contribution < -0.4 is 0 Å². The Labute approximate surface area is 150 Å². The van der Waals surface area contributed by atoms with Gasteiger partial charge in [-0.25, -0.2) is 0 Å². The number of rotatable bonds is 10. The van der Waals surface area contributed by atoms with E-state index in [1.165, 1.54) is 19.3 Å². The van der Waals surface area contributed by atoms with Crippen molar-refractivity contribution in [2.75, 3.05) is 13.1 Å². The van der Waals surface area contributed by atoms with Crippen LogP contribution in [0.25, 0.3) is 0 Å². The van der Waals surface area contributed by atoms with Crippen molar-refractivity contribution in [2.45, 2.75) is 57.8 Å². The van der Waals surface area contributed by atoms with Crippen LogP contribution in [0, 0.1) is 0 Å². The molecule has 1 aromatic carbocycles. The van der Waals surface area contributed by atoms with E-state index in [9.17, 15) is 4.79 Å². The van der Waals surface area contributed by atoms with Crippen LogP contribution in [0.1, 0.15) is 52.9 Å². The second-order valence-electron chi connectivity index (χ2n) is 5.46. The minimum atomic E-state index is 0.0973. The van der Waals surface area contributed by atoms with Gasteiger partial charge in [0.25, 0.3) is 0 Å². The maximum atomic E-state index is 12.4. The van der Waals surface area contributed by atoms with Crippen molar-refractivity contribution in [3.8, 4) is 0 Å². The summed E-state index contributed by atoms with van der Waals surface area (Å²) in [5.41, 5.74) is 0. The van der Waals surface area contributed by atoms with Crippen LogP contribution in [0.15, 0.2) is 40.1 Å². The van der Waals surface area contributed by atoms with Crippen LogP contribution in [-0.2, 0) is 4.79 Å². The van der Waals surface area contributed by atoms with Gasteiger partial charge in [-0.2, -0.15) is 0 Å². The van der Waals surface area contributed by atoms with Gasteiger partial charge in [0.05, 0.1) is 5.02 Å². The van der Waals surface area contributed by atoms with Crippen molar-refractivity contribution in [1.29, 1.82) is 0 Å². The molecule has 0 fully saturated rings. The van der Waals surface area contributed by atoms with Crippen LogP contribution in [-0.4, -0.2) is 23.9 Å². The first kappa shape index (κ1) is 20.1. The number of benzene rings is 1. The van der Waals surface area contributed by atoms with Crippen LogP contribution in [0.2, 0.25) is 5.02 Å². The summed E-state index contributed by atoms with van der Waals surface area (Å²) in [5, 5.41) is 0.743. The van der Waals surface area contributed by atoms with Crippen molar-refractivity contribution in [3.05, 3.63) is 40.3 Å². The molecule has 2 nitrogen and oxygen atoms in total. The summed E-state index contributed by atoms with van der Waals surface area (Å²) in [6.45, 7) is 7.71. The van der Waals surface area contributed by atoms with Crippen molar-refractivity contribution in [1.82, 2.24) is 4.90 Å². The molecule has 23 heavy (non-hydrogen) atoms. The second kappa shape index (κ2) is 11.6. The number of hydrogen-bond acceptors (Lipinski definition) is 2. The van der Waals surface area contributed by atoms with E-state index in [1.54, 1.807) is 17.8 Å². The number of hydrogen-bond donors (Lipinski definition) is 0. The number of allylic oxidation sites excluding steroid dienone is 1. The molecule has 0 aromatic heterocycles. The molecule has 1 aromatic rings. The number of unbranched alkanes of at least 4 members (excludes halogenated alkanes) is 3. The largest absolute Gasteiger partial charge is 0.340 e. The molecule has 0 spiro atoms. The summed E-state index contributed by atoms with van der Waals surface area (Å²) in [5.74, 6) is 0.0973. The molecule has 128 valence electrons. The van der Waals surface area contributed by atoms with E-state index in [-0.39, 0.29) is 5.91 Å². The minimum absolute atomic E-state index is 0.0973. The minimum Gasteiger partial charge on any atom is -0.340 e. The molecule has 1 amide bonds. The van der Waals surface area contributed by atoms with Crippen molar-refractivity contribution in [2.24, 2.45) is 0 Å². The highest BCUT2D eigenvalue weighted by atomic mass is 35.5. The lowest BCUT2D eigenvalue weighted by atomic mass is 10.1. The van der Waals surface area contributed by atoms with E-state index in [1.807, 2.05) is 43.0 Å². The Balaban J connectivity index is 2.83. The van der Waals surface area contributed by atoms with Gasteiger partial charge in [-0.3, -0.25) is 4.79 Å². The van der Waals surface area contributed by atoms with Gasteiger partial charge in [0.2, 0.25) is 5.91 Å². The Kier molecular flexibility index (Phi) is 10.1. The van der Waals surface area contributed by atoms with Crippen LogP contribution in [0.3, 0.4) is 0 Å². The first-order chi connectivity index (χ1) is 11.1. The van der Waals surface area contributed by atoms with Crippen molar-refractivity contribution < 1.29 is 4.79 Å². The molecule has 0 aliphatic carbocycles. The molecule has 0 aliphatic rings. The van der Waals surface area contributed by atoms with Crippen molar-refractivity contribution >= 4 is 29.3 Å². The van der Waals surface area contributed by atoms with Gasteiger partial charge in [0.1, 0.15) is 0 Å². The van der Waals surface area contributed by atoms with Gasteiger partial charge in [0, 0.05) is 24.1 Å². The van der Waals surface area contributed by atoms with E-state index in [0.29, 0.717) is 0 Å². The third-order valence-electron chi connectivity index (χ3n) is 3.71. The molecule has 0 saturated heterocycles. The first-order valence-corrected chi connectivity index (χ1v) is 9.73. The van der Waals surface area contributed by atoms with Gasteiger partial charge in [0.15, 0.2) is 0 Å². The zero-order valence-electron chi connectivity index (χ0n) is 14.5. The predicted molar refractivity (Wildman–Crippen MR) is 102 cm³/mol. The predicted octanol–water partition coefficient (Wildman–Crippen LogP) is 6.15. The summed E-state index contributed by atoms with van der Waals surface area (Å²) in [4.78, 5) is 16.3. The fraction of sp³-hybridized carbons (Fsp3) is 0.526. The molecule has 0 N–H and O–H groups in total. The van der Waals surface area contributed by atoms with E-state index in [2.05, 4.69) is 6.92 Å². The first-order valence-electron chi connectivity index (χ1n) is 8.54. The number of carbonyl (C=O) groups is 1. The zero-order chi connectivity index (χ0) is 17.1. The number of amides is 1. The standard InChI is InChI=1S/C19H28ClNOS/c1-4-7-8-9-12-16(15-19(22)21(5-2)6-3)23-18-14-11-10-13-17(18)20/h10-11,13-15H,4-9,12H2,1-3H3/b16-15+. The van der Waals surface area contributed by atoms with Gasteiger partial charge < -0.3 is 4.90 Å². The SMILES string of the molecule is CCCCCC/C(=C\C(=O)N(CC)CC)Sc1ccccc1Cl. The number of thioether (sulfide) groups is 1. The molecule has 0 unspecified atom stereocenters. The third kappa shape index (κ3) is 7.45. The monoisotopic (exact) mass is 353 g/mol. The summed E-state index contributed by atoms with van der Waals surface area (Å²) in [6, 6.07) is 7.81. The van der Waals surface area contributed by atoms with Crippen LogP contribution in [0.5, 0.6) is 0 Å². The quantitative estimate of drug-likeness (QED) is 0.285. The highest BCUT2D eigenvalue weighted by molar-refractivity contribution is 8.03. The Hall–Kier alpha value is -0.930. The topological polar surface area (TPSA) is 20.3 Å². The van der Waals surface area contributed by atoms with Gasteiger partial charge in [-0.15, -0.1) is 0 Å². The summed E-state index contributed by atoms with van der Waals surface area (Å²) in [7, 11) is 0. The van der Waals surface area contributed by atoms with E-state index in [4.69, 9.17) is 11.6 Å². The average molecular weight is 354 g/mol. The lowest BCUT2D eigenvalue weighted by molar-refractivity contribution is -0.125. The molecule has 0 saturated carbocycles. The maximum absolute atomic E-state index is 12.4. The summed E-state index contributed by atoms with van der Waals surface area (Å²) >= 11 is 7.88. The van der Waals surface area contributed by atoms with Crippen LogP contribution >= 0.6 is 23.4 Å². The lowest BCUT2D eigenvalue weighted by Crippen LogP contribution is -2.28. The fourth-order valence-corrected chi connectivity index (χ4v) is 3.56. The second-order valence-corrected chi connectivity index (χ2v) is 7.04. The lowest BCUT2D eigenvalue weighted by Gasteiger charge is -2.17. The molecule has 0 radical (unpaired) electrons. The number of nitrogens with zero attached hydrogens (tertiary/aromatic N) is 1. The Bertz CT molecular complexity index is 512. The normalized spacial score (nSPS) is 11.6. The Morgan fingerprint density at radius 3 is 2.43 bits per heavy atom. The zero-order valence-corrected chi connectivity index (χ0v) is 16.1. The molecule has 1 rings (SSSR count). The molecule has 0 aliphatic heterocycles. The van der Waals surface area contributed by atoms with E-state index < -0.39 is 0 Å². The molecule has 0 bridgehead atoms. The maximum Gasteiger partial charge on any atom is 0.247 e. The van der Waals surface area contributed by atoms with Crippen LogP contribution in [0.4, 0.5) is 0 Å². The van der Waals surface area contributed by atoms with Gasteiger partial charge in [-0.1, -0.05) is 61.7 Å². The fourth-order valence-electron chi connectivity index (χ4n) is 2.31. The highest BCUT2D eigenvalue weighted by Crippen LogP contribution is 2.35. The third-order valence-corrected chi connectivity index (χ3v) is 5.32.